The molecule has 1 heterocycles. The Morgan fingerprint density at radius 1 is 1.26 bits per heavy atom. The van der Waals surface area contributed by atoms with Gasteiger partial charge in [-0.15, -0.1) is 0 Å². The van der Waals surface area contributed by atoms with Crippen LogP contribution in [-0.2, 0) is 12.0 Å². The highest BCUT2D eigenvalue weighted by atomic mass is 16.2. The number of benzene rings is 1. The molecule has 0 atom stereocenters. The van der Waals surface area contributed by atoms with E-state index in [0.29, 0.717) is 18.8 Å². The highest BCUT2D eigenvalue weighted by Gasteiger charge is 2.36. The minimum absolute atomic E-state index is 0.0188. The lowest BCUT2D eigenvalue weighted by Crippen LogP contribution is -2.39. The molecule has 1 fully saturated rings. The number of hydrogen-bond acceptors (Lipinski definition) is 2. The van der Waals surface area contributed by atoms with Crippen molar-refractivity contribution in [2.24, 2.45) is 0 Å². The third kappa shape index (κ3) is 3.16. The second-order valence-corrected chi connectivity index (χ2v) is 6.52. The highest BCUT2D eigenvalue weighted by molar-refractivity contribution is 5.92. The minimum atomic E-state index is -0.0188. The number of amides is 1. The third-order valence-electron chi connectivity index (χ3n) is 4.97. The monoisotopic (exact) mass is 311 g/mol. The van der Waals surface area contributed by atoms with Gasteiger partial charge in [0.25, 0.3) is 5.91 Å². The zero-order chi connectivity index (χ0) is 16.3. The van der Waals surface area contributed by atoms with Gasteiger partial charge in [-0.05, 0) is 38.3 Å². The van der Waals surface area contributed by atoms with Crippen molar-refractivity contribution in [3.63, 3.8) is 0 Å². The Bertz CT molecular complexity index is 669. The fraction of sp³-hybridized carbons (Fsp3) is 0.474. The lowest BCUT2D eigenvalue weighted by Gasteiger charge is -2.30. The first-order valence-electron chi connectivity index (χ1n) is 8.53. The smallest absolute Gasteiger partial charge is 0.269 e. The van der Waals surface area contributed by atoms with Gasteiger partial charge in [0.05, 0.1) is 5.69 Å². The van der Waals surface area contributed by atoms with Gasteiger partial charge in [-0.2, -0.15) is 5.10 Å². The van der Waals surface area contributed by atoms with Crippen molar-refractivity contribution in [2.75, 3.05) is 6.54 Å². The Labute approximate surface area is 137 Å². The van der Waals surface area contributed by atoms with Crippen LogP contribution in [0.15, 0.2) is 36.4 Å². The lowest BCUT2D eigenvalue weighted by molar-refractivity contribution is 0.0932. The van der Waals surface area contributed by atoms with Crippen molar-refractivity contribution in [3.05, 3.63) is 53.3 Å². The normalized spacial score (nSPS) is 16.4. The number of nitrogens with zero attached hydrogens (tertiary/aromatic N) is 2. The molecule has 0 saturated heterocycles. The van der Waals surface area contributed by atoms with Crippen LogP contribution < -0.4 is 5.32 Å². The van der Waals surface area contributed by atoms with E-state index in [1.54, 1.807) is 4.68 Å². The summed E-state index contributed by atoms with van der Waals surface area (Å²) in [7, 11) is 0. The Morgan fingerprint density at radius 3 is 2.61 bits per heavy atom. The van der Waals surface area contributed by atoms with Crippen LogP contribution in [0.3, 0.4) is 0 Å². The van der Waals surface area contributed by atoms with Crippen LogP contribution in [0.1, 0.15) is 54.4 Å². The second-order valence-electron chi connectivity index (χ2n) is 6.52. The predicted molar refractivity (Wildman–Crippen MR) is 91.6 cm³/mol. The minimum Gasteiger partial charge on any atom is -0.350 e. The fourth-order valence-electron chi connectivity index (χ4n) is 3.72. The first kappa shape index (κ1) is 15.8. The van der Waals surface area contributed by atoms with Gasteiger partial charge in [0.1, 0.15) is 5.69 Å². The quantitative estimate of drug-likeness (QED) is 0.919. The standard InChI is InChI=1S/C19H25N3O/c1-3-22-17(13-15(2)21-22)18(23)20-14-19(11-7-8-12-19)16-9-5-4-6-10-16/h4-6,9-10,13H,3,7-8,11-12,14H2,1-2H3,(H,20,23). The summed E-state index contributed by atoms with van der Waals surface area (Å²) in [6, 6.07) is 12.5. The molecular weight excluding hydrogens is 286 g/mol. The Hall–Kier alpha value is -2.10. The average Bonchev–Trinajstić information content (AvgIpc) is 3.20. The van der Waals surface area contributed by atoms with E-state index in [9.17, 15) is 4.79 Å². The number of nitrogens with one attached hydrogen (secondary N) is 1. The van der Waals surface area contributed by atoms with Crippen LogP contribution in [0.25, 0.3) is 0 Å². The summed E-state index contributed by atoms with van der Waals surface area (Å²) in [4.78, 5) is 12.6. The van der Waals surface area contributed by atoms with Crippen molar-refractivity contribution in [2.45, 2.75) is 51.5 Å². The molecule has 4 heteroatoms. The molecule has 1 aliphatic carbocycles. The summed E-state index contributed by atoms with van der Waals surface area (Å²) in [5.41, 5.74) is 2.98. The van der Waals surface area contributed by atoms with E-state index in [4.69, 9.17) is 0 Å². The molecule has 0 spiro atoms. The van der Waals surface area contributed by atoms with E-state index in [1.807, 2.05) is 26.0 Å². The van der Waals surface area contributed by atoms with Crippen LogP contribution >= 0.6 is 0 Å². The Morgan fingerprint density at radius 2 is 1.96 bits per heavy atom. The SMILES string of the molecule is CCn1nc(C)cc1C(=O)NCC1(c2ccccc2)CCCC1. The molecule has 3 rings (SSSR count). The largest absolute Gasteiger partial charge is 0.350 e. The molecule has 1 aliphatic rings. The fourth-order valence-corrected chi connectivity index (χ4v) is 3.72. The molecule has 122 valence electrons. The number of hydrogen-bond donors (Lipinski definition) is 1. The highest BCUT2D eigenvalue weighted by Crippen LogP contribution is 2.40. The van der Waals surface area contributed by atoms with Crippen LogP contribution in [-0.4, -0.2) is 22.2 Å². The number of rotatable bonds is 5. The first-order chi connectivity index (χ1) is 11.1. The Balaban J connectivity index is 1.76. The number of aryl methyl sites for hydroxylation is 2. The molecule has 1 N–H and O–H groups in total. The maximum atomic E-state index is 12.6. The molecule has 0 bridgehead atoms. The third-order valence-corrected chi connectivity index (χ3v) is 4.97. The van der Waals surface area contributed by atoms with Gasteiger partial charge in [0.2, 0.25) is 0 Å². The summed E-state index contributed by atoms with van der Waals surface area (Å²) in [6.45, 7) is 5.33. The van der Waals surface area contributed by atoms with E-state index < -0.39 is 0 Å². The van der Waals surface area contributed by atoms with Crippen LogP contribution in [0.4, 0.5) is 0 Å². The second kappa shape index (κ2) is 6.57. The first-order valence-corrected chi connectivity index (χ1v) is 8.53. The van der Waals surface area contributed by atoms with Crippen molar-refractivity contribution in [1.82, 2.24) is 15.1 Å². The average molecular weight is 311 g/mol. The molecule has 1 aromatic carbocycles. The summed E-state index contributed by atoms with van der Waals surface area (Å²) < 4.78 is 1.77. The molecule has 0 aliphatic heterocycles. The van der Waals surface area contributed by atoms with E-state index in [1.165, 1.54) is 18.4 Å². The topological polar surface area (TPSA) is 46.9 Å². The molecule has 1 aromatic heterocycles. The maximum Gasteiger partial charge on any atom is 0.269 e. The van der Waals surface area contributed by atoms with Crippen LogP contribution in [0.2, 0.25) is 0 Å². The summed E-state index contributed by atoms with van der Waals surface area (Å²) in [5, 5.41) is 7.53. The molecule has 0 radical (unpaired) electrons. The van der Waals surface area contributed by atoms with Gasteiger partial charge >= 0.3 is 0 Å². The van der Waals surface area contributed by atoms with Crippen molar-refractivity contribution in [1.29, 1.82) is 0 Å². The lowest BCUT2D eigenvalue weighted by atomic mass is 9.79. The summed E-state index contributed by atoms with van der Waals surface area (Å²) in [5.74, 6) is -0.0188. The van der Waals surface area contributed by atoms with Crippen molar-refractivity contribution < 1.29 is 4.79 Å². The maximum absolute atomic E-state index is 12.6. The zero-order valence-electron chi connectivity index (χ0n) is 14.0. The van der Waals surface area contributed by atoms with Gasteiger partial charge in [0, 0.05) is 18.5 Å². The van der Waals surface area contributed by atoms with Gasteiger partial charge in [-0.1, -0.05) is 43.2 Å². The molecule has 1 saturated carbocycles. The summed E-state index contributed by atoms with van der Waals surface area (Å²) in [6.07, 6.45) is 4.75. The van der Waals surface area contributed by atoms with E-state index >= 15 is 0 Å². The van der Waals surface area contributed by atoms with E-state index in [0.717, 1.165) is 18.5 Å². The van der Waals surface area contributed by atoms with Crippen LogP contribution in [0.5, 0.6) is 0 Å². The van der Waals surface area contributed by atoms with Gasteiger partial charge in [-0.25, -0.2) is 0 Å². The number of carbonyl (C=O) groups is 1. The van der Waals surface area contributed by atoms with Crippen molar-refractivity contribution in [3.8, 4) is 0 Å². The van der Waals surface area contributed by atoms with E-state index in [2.05, 4.69) is 34.7 Å². The molecular formula is C19H25N3O. The molecule has 23 heavy (non-hydrogen) atoms. The molecule has 1 amide bonds. The number of aromatic nitrogens is 2. The molecule has 0 unspecified atom stereocenters. The van der Waals surface area contributed by atoms with Crippen LogP contribution in [0, 0.1) is 6.92 Å². The van der Waals surface area contributed by atoms with Gasteiger partial charge in [0.15, 0.2) is 0 Å². The van der Waals surface area contributed by atoms with Crippen molar-refractivity contribution >= 4 is 5.91 Å². The number of carbonyl (C=O) groups excluding carboxylic acids is 1. The van der Waals surface area contributed by atoms with Gasteiger partial charge in [-0.3, -0.25) is 9.48 Å². The molecule has 2 aromatic rings. The van der Waals surface area contributed by atoms with Gasteiger partial charge < -0.3 is 5.32 Å². The predicted octanol–water partition coefficient (Wildman–Crippen LogP) is 3.45. The molecule has 4 nitrogen and oxygen atoms in total. The van der Waals surface area contributed by atoms with E-state index in [-0.39, 0.29) is 11.3 Å². The Kier molecular flexibility index (Phi) is 4.51. The zero-order valence-corrected chi connectivity index (χ0v) is 14.0. The summed E-state index contributed by atoms with van der Waals surface area (Å²) >= 11 is 0.